The molecule has 5 nitrogen and oxygen atoms in total. The highest BCUT2D eigenvalue weighted by Gasteiger charge is 2.36. The van der Waals surface area contributed by atoms with Gasteiger partial charge in [0.2, 0.25) is 0 Å². The van der Waals surface area contributed by atoms with Gasteiger partial charge in [0.05, 0.1) is 28.0 Å². The highest BCUT2D eigenvalue weighted by Crippen LogP contribution is 2.30. The molecule has 0 N–H and O–H groups in total. The smallest absolute Gasteiger partial charge is 0.300 e. The molecule has 1 saturated heterocycles. The van der Waals surface area contributed by atoms with Crippen LogP contribution in [0.15, 0.2) is 42.5 Å². The molecular weight excluding hydrogens is 373 g/mol. The van der Waals surface area contributed by atoms with E-state index in [1.54, 1.807) is 23.1 Å². The largest absolute Gasteiger partial charge is 0.369 e. The lowest BCUT2D eigenvalue weighted by atomic mass is 10.1. The Kier molecular flexibility index (Phi) is 4.61. The molecule has 4 rings (SSSR count). The van der Waals surface area contributed by atoms with Crippen molar-refractivity contribution < 1.29 is 9.59 Å². The van der Waals surface area contributed by atoms with Crippen LogP contribution in [-0.4, -0.2) is 49.4 Å². The Morgan fingerprint density at radius 3 is 2.35 bits per heavy atom. The molecule has 2 aromatic carbocycles. The van der Waals surface area contributed by atoms with Crippen LogP contribution in [0.5, 0.6) is 0 Å². The molecule has 0 radical (unpaired) electrons. The molecule has 1 amide bonds. The molecule has 0 unspecified atom stereocenters. The van der Waals surface area contributed by atoms with Crippen molar-refractivity contribution in [1.82, 2.24) is 4.90 Å². The van der Waals surface area contributed by atoms with Gasteiger partial charge in [-0.15, -0.1) is 0 Å². The average Bonchev–Trinajstić information content (AvgIpc) is 2.90. The molecular formula is C19H17Cl2N3O2. The van der Waals surface area contributed by atoms with Crippen LogP contribution in [0.4, 0.5) is 11.4 Å². The number of hydrogen-bond acceptors (Lipinski definition) is 4. The zero-order chi connectivity index (χ0) is 18.3. The van der Waals surface area contributed by atoms with Crippen LogP contribution < -0.4 is 9.80 Å². The van der Waals surface area contributed by atoms with E-state index in [1.165, 1.54) is 0 Å². The number of nitrogens with zero attached hydrogens (tertiary/aromatic N) is 3. The number of fused-ring (bicyclic) bond motifs is 1. The third-order valence-corrected chi connectivity index (χ3v) is 5.60. The van der Waals surface area contributed by atoms with Gasteiger partial charge in [0.1, 0.15) is 0 Å². The lowest BCUT2D eigenvalue weighted by Gasteiger charge is -2.37. The maximum Gasteiger partial charge on any atom is 0.300 e. The van der Waals surface area contributed by atoms with Gasteiger partial charge in [0.15, 0.2) is 0 Å². The number of halogens is 2. The standard InChI is InChI=1S/C19H17Cl2N3O2/c20-15-6-5-13(11-16(15)21)23-9-7-22(8-10-23)12-24-17-4-2-1-3-14(17)18(25)19(24)26/h1-6,11H,7-10,12H2. The van der Waals surface area contributed by atoms with Crippen molar-refractivity contribution in [2.45, 2.75) is 0 Å². The number of amides is 1. The van der Waals surface area contributed by atoms with Crippen LogP contribution in [0.3, 0.4) is 0 Å². The molecule has 0 atom stereocenters. The highest BCUT2D eigenvalue weighted by molar-refractivity contribution is 6.52. The van der Waals surface area contributed by atoms with E-state index in [4.69, 9.17) is 23.2 Å². The number of para-hydroxylation sites is 1. The van der Waals surface area contributed by atoms with Gasteiger partial charge in [-0.05, 0) is 30.3 Å². The summed E-state index contributed by atoms with van der Waals surface area (Å²) in [6.45, 7) is 3.64. The lowest BCUT2D eigenvalue weighted by Crippen LogP contribution is -2.51. The fraction of sp³-hybridized carbons (Fsp3) is 0.263. The number of hydrogen-bond donors (Lipinski definition) is 0. The average molecular weight is 390 g/mol. The lowest BCUT2D eigenvalue weighted by molar-refractivity contribution is -0.114. The van der Waals surface area contributed by atoms with E-state index in [0.717, 1.165) is 31.9 Å². The quantitative estimate of drug-likeness (QED) is 0.755. The van der Waals surface area contributed by atoms with Crippen LogP contribution in [-0.2, 0) is 4.79 Å². The van der Waals surface area contributed by atoms with Crippen molar-refractivity contribution in [3.05, 3.63) is 58.1 Å². The molecule has 2 aliphatic rings. The van der Waals surface area contributed by atoms with Gasteiger partial charge < -0.3 is 4.90 Å². The van der Waals surface area contributed by atoms with Crippen LogP contribution in [0.1, 0.15) is 10.4 Å². The normalized spacial score (nSPS) is 17.8. The molecule has 0 aliphatic carbocycles. The minimum Gasteiger partial charge on any atom is -0.369 e. The predicted octanol–water partition coefficient (Wildman–Crippen LogP) is 3.30. The summed E-state index contributed by atoms with van der Waals surface area (Å²) in [5, 5.41) is 1.09. The van der Waals surface area contributed by atoms with Crippen molar-refractivity contribution >= 4 is 46.3 Å². The van der Waals surface area contributed by atoms with Crippen molar-refractivity contribution in [3.63, 3.8) is 0 Å². The first-order valence-corrected chi connectivity index (χ1v) is 9.18. The van der Waals surface area contributed by atoms with Crippen LogP contribution in [0, 0.1) is 0 Å². The van der Waals surface area contributed by atoms with Crippen molar-refractivity contribution in [2.75, 3.05) is 42.6 Å². The third kappa shape index (κ3) is 3.07. The molecule has 2 aromatic rings. The van der Waals surface area contributed by atoms with Crippen molar-refractivity contribution in [3.8, 4) is 0 Å². The molecule has 0 bridgehead atoms. The highest BCUT2D eigenvalue weighted by atomic mass is 35.5. The molecule has 0 aromatic heterocycles. The first kappa shape index (κ1) is 17.3. The van der Waals surface area contributed by atoms with Gasteiger partial charge in [0.25, 0.3) is 5.78 Å². The van der Waals surface area contributed by atoms with E-state index in [2.05, 4.69) is 9.80 Å². The van der Waals surface area contributed by atoms with Gasteiger partial charge in [-0.25, -0.2) is 0 Å². The Morgan fingerprint density at radius 1 is 0.885 bits per heavy atom. The second kappa shape index (κ2) is 6.91. The molecule has 26 heavy (non-hydrogen) atoms. The molecule has 7 heteroatoms. The number of carbonyl (C=O) groups excluding carboxylic acids is 2. The Balaban J connectivity index is 1.42. The zero-order valence-electron chi connectivity index (χ0n) is 14.0. The van der Waals surface area contributed by atoms with E-state index in [9.17, 15) is 9.59 Å². The third-order valence-electron chi connectivity index (χ3n) is 4.86. The Bertz CT molecular complexity index is 879. The molecule has 2 heterocycles. The van der Waals surface area contributed by atoms with Gasteiger partial charge in [-0.3, -0.25) is 19.4 Å². The van der Waals surface area contributed by atoms with E-state index >= 15 is 0 Å². The molecule has 134 valence electrons. The minimum absolute atomic E-state index is 0.421. The summed E-state index contributed by atoms with van der Waals surface area (Å²) in [4.78, 5) is 30.4. The van der Waals surface area contributed by atoms with Crippen molar-refractivity contribution in [2.24, 2.45) is 0 Å². The molecule has 0 saturated carbocycles. The monoisotopic (exact) mass is 389 g/mol. The summed E-state index contributed by atoms with van der Waals surface area (Å²) in [6, 6.07) is 12.8. The number of benzene rings is 2. The second-order valence-corrected chi connectivity index (χ2v) is 7.24. The van der Waals surface area contributed by atoms with Crippen molar-refractivity contribution in [1.29, 1.82) is 0 Å². The van der Waals surface area contributed by atoms with Gasteiger partial charge in [-0.1, -0.05) is 35.3 Å². The Hall–Kier alpha value is -2.08. The van der Waals surface area contributed by atoms with Crippen LogP contribution in [0.2, 0.25) is 10.0 Å². The second-order valence-electron chi connectivity index (χ2n) is 6.42. The number of ketones is 1. The summed E-state index contributed by atoms with van der Waals surface area (Å²) in [7, 11) is 0. The zero-order valence-corrected chi connectivity index (χ0v) is 15.5. The summed E-state index contributed by atoms with van der Waals surface area (Å²) in [5.74, 6) is -0.867. The van der Waals surface area contributed by atoms with E-state index in [-0.39, 0.29) is 0 Å². The maximum absolute atomic E-state index is 12.3. The number of Topliss-reactive ketones (excluding diaryl/α,β-unsaturated/α-hetero) is 1. The van der Waals surface area contributed by atoms with Gasteiger partial charge in [-0.2, -0.15) is 0 Å². The fourth-order valence-electron chi connectivity index (χ4n) is 3.42. The maximum atomic E-state index is 12.3. The Labute approximate surface area is 161 Å². The van der Waals surface area contributed by atoms with Gasteiger partial charge >= 0.3 is 5.91 Å². The fourth-order valence-corrected chi connectivity index (χ4v) is 3.71. The summed E-state index contributed by atoms with van der Waals surface area (Å²) in [5.41, 5.74) is 2.23. The number of carbonyl (C=O) groups is 2. The number of rotatable bonds is 3. The molecule has 0 spiro atoms. The minimum atomic E-state index is -0.446. The van der Waals surface area contributed by atoms with Crippen LogP contribution >= 0.6 is 23.2 Å². The van der Waals surface area contributed by atoms with E-state index < -0.39 is 11.7 Å². The van der Waals surface area contributed by atoms with E-state index in [0.29, 0.717) is 28.0 Å². The van der Waals surface area contributed by atoms with Gasteiger partial charge in [0, 0.05) is 31.9 Å². The van der Waals surface area contributed by atoms with Crippen LogP contribution in [0.25, 0.3) is 0 Å². The SMILES string of the molecule is O=C1C(=O)N(CN2CCN(c3ccc(Cl)c(Cl)c3)CC2)c2ccccc21. The summed E-state index contributed by atoms with van der Waals surface area (Å²) >= 11 is 12.1. The topological polar surface area (TPSA) is 43.9 Å². The number of anilines is 2. The molecule has 1 fully saturated rings. The summed E-state index contributed by atoms with van der Waals surface area (Å²) in [6.07, 6.45) is 0. The number of piperazine rings is 1. The first-order chi connectivity index (χ1) is 12.5. The summed E-state index contributed by atoms with van der Waals surface area (Å²) < 4.78 is 0. The molecule has 2 aliphatic heterocycles. The van der Waals surface area contributed by atoms with E-state index in [1.807, 2.05) is 24.3 Å². The Morgan fingerprint density at radius 2 is 1.62 bits per heavy atom. The predicted molar refractivity (Wildman–Crippen MR) is 103 cm³/mol. The first-order valence-electron chi connectivity index (χ1n) is 8.42.